The molecule has 0 bridgehead atoms. The summed E-state index contributed by atoms with van der Waals surface area (Å²) < 4.78 is 19.4. The molecule has 41 heavy (non-hydrogen) atoms. The summed E-state index contributed by atoms with van der Waals surface area (Å²) in [6.07, 6.45) is 0. The highest BCUT2D eigenvalue weighted by atomic mass is 19.1. The molecule has 0 spiro atoms. The van der Waals surface area contributed by atoms with Crippen molar-refractivity contribution in [1.29, 1.82) is 0 Å². The Morgan fingerprint density at radius 1 is 1.02 bits per heavy atom. The van der Waals surface area contributed by atoms with E-state index in [1.165, 1.54) is 19.2 Å². The molecule has 5 rings (SSSR count). The number of aromatic nitrogens is 1. The van der Waals surface area contributed by atoms with E-state index in [9.17, 15) is 14.3 Å². The first-order valence-corrected chi connectivity index (χ1v) is 13.1. The standard InChI is InChI=1S/C33H31FN4O3/c1-38(2)19-20-11-14-24(15-12-20)36-31(29-25-16-13-23(34)18-27(25)37-33(29)40)22-8-6-7-21(17-22)30(35)32(39)26-9-4-5-10-28(26)41-3/h4-18,30,37,40H,19,35H2,1-3H3. The first-order chi connectivity index (χ1) is 19.7. The molecule has 0 aliphatic heterocycles. The summed E-state index contributed by atoms with van der Waals surface area (Å²) in [7, 11) is 5.51. The van der Waals surface area contributed by atoms with E-state index in [-0.39, 0.29) is 11.7 Å². The van der Waals surface area contributed by atoms with Crippen molar-refractivity contribution in [3.05, 3.63) is 125 Å². The van der Waals surface area contributed by atoms with Crippen LogP contribution in [0, 0.1) is 5.82 Å². The number of aliphatic imine (C=N–C) groups is 1. The summed E-state index contributed by atoms with van der Waals surface area (Å²) in [5.74, 6) is -0.420. The number of nitrogens with one attached hydrogen (secondary N) is 1. The summed E-state index contributed by atoms with van der Waals surface area (Å²) in [6, 6.07) is 25.3. The minimum Gasteiger partial charge on any atom is -0.496 e. The summed E-state index contributed by atoms with van der Waals surface area (Å²) in [5, 5.41) is 11.6. The van der Waals surface area contributed by atoms with E-state index in [1.807, 2.05) is 44.4 Å². The second-order valence-corrected chi connectivity index (χ2v) is 10.1. The number of nitrogens with two attached hydrogens (primary N) is 1. The molecule has 0 radical (unpaired) electrons. The maximum atomic E-state index is 14.0. The molecule has 0 fully saturated rings. The monoisotopic (exact) mass is 550 g/mol. The number of benzene rings is 4. The van der Waals surface area contributed by atoms with Crippen LogP contribution in [0.15, 0.2) is 96.0 Å². The maximum Gasteiger partial charge on any atom is 0.199 e. The number of aromatic amines is 1. The molecule has 4 N–H and O–H groups in total. The summed E-state index contributed by atoms with van der Waals surface area (Å²) in [4.78, 5) is 23.3. The van der Waals surface area contributed by atoms with Gasteiger partial charge in [-0.25, -0.2) is 9.38 Å². The largest absolute Gasteiger partial charge is 0.496 e. The SMILES string of the molecule is COc1ccccc1C(=O)C(N)c1cccc(C(=Nc2ccc(CN(C)C)cc2)c2c(O)[nH]c3cc(F)ccc23)c1. The van der Waals surface area contributed by atoms with Gasteiger partial charge in [0, 0.05) is 17.5 Å². The van der Waals surface area contributed by atoms with E-state index in [0.717, 1.165) is 12.1 Å². The number of para-hydroxylation sites is 1. The predicted octanol–water partition coefficient (Wildman–Crippen LogP) is 6.13. The molecular weight excluding hydrogens is 519 g/mol. The van der Waals surface area contributed by atoms with E-state index in [1.54, 1.807) is 48.5 Å². The average molecular weight is 551 g/mol. The van der Waals surface area contributed by atoms with Crippen LogP contribution in [0.25, 0.3) is 10.9 Å². The Morgan fingerprint density at radius 2 is 1.78 bits per heavy atom. The molecule has 0 amide bonds. The molecule has 8 heteroatoms. The second-order valence-electron chi connectivity index (χ2n) is 10.1. The zero-order chi connectivity index (χ0) is 29.1. The predicted molar refractivity (Wildman–Crippen MR) is 160 cm³/mol. The number of carbonyl (C=O) groups is 1. The normalized spacial score (nSPS) is 12.6. The van der Waals surface area contributed by atoms with Crippen molar-refractivity contribution >= 4 is 28.1 Å². The number of ether oxygens (including phenoxy) is 1. The van der Waals surface area contributed by atoms with E-state index in [4.69, 9.17) is 15.5 Å². The number of fused-ring (bicyclic) bond motifs is 1. The van der Waals surface area contributed by atoms with Crippen molar-refractivity contribution in [2.24, 2.45) is 10.7 Å². The zero-order valence-corrected chi connectivity index (χ0v) is 23.1. The Labute approximate surface area is 237 Å². The lowest BCUT2D eigenvalue weighted by atomic mass is 9.93. The first-order valence-electron chi connectivity index (χ1n) is 13.1. The lowest BCUT2D eigenvalue weighted by Gasteiger charge is -2.15. The highest BCUT2D eigenvalue weighted by Gasteiger charge is 2.24. The molecule has 0 saturated heterocycles. The molecule has 1 heterocycles. The van der Waals surface area contributed by atoms with Crippen LogP contribution in [0.4, 0.5) is 10.1 Å². The lowest BCUT2D eigenvalue weighted by Crippen LogP contribution is -2.22. The molecule has 1 atom stereocenters. The number of aromatic hydroxyl groups is 1. The zero-order valence-electron chi connectivity index (χ0n) is 23.1. The van der Waals surface area contributed by atoms with Gasteiger partial charge in [0.05, 0.1) is 41.2 Å². The van der Waals surface area contributed by atoms with Gasteiger partial charge in [0.15, 0.2) is 11.7 Å². The van der Waals surface area contributed by atoms with Gasteiger partial charge < -0.3 is 25.5 Å². The van der Waals surface area contributed by atoms with Gasteiger partial charge in [-0.1, -0.05) is 42.5 Å². The molecular formula is C33H31FN4O3. The van der Waals surface area contributed by atoms with Crippen molar-refractivity contribution in [3.8, 4) is 11.6 Å². The van der Waals surface area contributed by atoms with Gasteiger partial charge in [0.2, 0.25) is 0 Å². The number of hydrogen-bond acceptors (Lipinski definition) is 6. The Bertz CT molecular complexity index is 1740. The summed E-state index contributed by atoms with van der Waals surface area (Å²) >= 11 is 0. The molecule has 7 nitrogen and oxygen atoms in total. The fourth-order valence-corrected chi connectivity index (χ4v) is 4.88. The Hall–Kier alpha value is -4.79. The number of carbonyl (C=O) groups excluding carboxylic acids is 1. The van der Waals surface area contributed by atoms with Gasteiger partial charge in [-0.15, -0.1) is 0 Å². The molecule has 4 aromatic carbocycles. The number of nitrogens with zero attached hydrogens (tertiary/aromatic N) is 2. The smallest absolute Gasteiger partial charge is 0.199 e. The average Bonchev–Trinajstić information content (AvgIpc) is 3.30. The van der Waals surface area contributed by atoms with Crippen LogP contribution in [0.1, 0.15) is 38.7 Å². The van der Waals surface area contributed by atoms with E-state index >= 15 is 0 Å². The number of Topliss-reactive ketones (excluding diaryl/α,β-unsaturated/α-hetero) is 1. The maximum absolute atomic E-state index is 14.0. The molecule has 5 aromatic rings. The van der Waals surface area contributed by atoms with Crippen LogP contribution < -0.4 is 10.5 Å². The summed E-state index contributed by atoms with van der Waals surface area (Å²) in [5.41, 5.74) is 11.2. The van der Waals surface area contributed by atoms with Crippen LogP contribution in [-0.2, 0) is 6.54 Å². The Balaban J connectivity index is 1.62. The number of ketones is 1. The van der Waals surface area contributed by atoms with Crippen LogP contribution in [-0.4, -0.2) is 47.7 Å². The van der Waals surface area contributed by atoms with Gasteiger partial charge in [-0.3, -0.25) is 4.79 Å². The van der Waals surface area contributed by atoms with Gasteiger partial charge in [-0.2, -0.15) is 0 Å². The fraction of sp³-hybridized carbons (Fsp3) is 0.152. The third-order valence-electron chi connectivity index (χ3n) is 6.83. The quantitative estimate of drug-likeness (QED) is 0.151. The number of rotatable bonds is 9. The van der Waals surface area contributed by atoms with Crippen molar-refractivity contribution in [2.75, 3.05) is 21.2 Å². The third-order valence-corrected chi connectivity index (χ3v) is 6.83. The number of halogens is 1. The Morgan fingerprint density at radius 3 is 2.51 bits per heavy atom. The van der Waals surface area contributed by atoms with Gasteiger partial charge in [0.25, 0.3) is 0 Å². The fourth-order valence-electron chi connectivity index (χ4n) is 4.88. The number of methoxy groups -OCH3 is 1. The highest BCUT2D eigenvalue weighted by molar-refractivity contribution is 6.22. The minimum atomic E-state index is -0.969. The van der Waals surface area contributed by atoms with E-state index < -0.39 is 11.9 Å². The molecule has 208 valence electrons. The van der Waals surface area contributed by atoms with Crippen molar-refractivity contribution in [3.63, 3.8) is 0 Å². The van der Waals surface area contributed by atoms with Gasteiger partial charge >= 0.3 is 0 Å². The molecule has 0 aliphatic carbocycles. The van der Waals surface area contributed by atoms with Crippen molar-refractivity contribution < 1.29 is 19.0 Å². The van der Waals surface area contributed by atoms with Gasteiger partial charge in [0.1, 0.15) is 11.6 Å². The van der Waals surface area contributed by atoms with Crippen LogP contribution in [0.5, 0.6) is 11.6 Å². The highest BCUT2D eigenvalue weighted by Crippen LogP contribution is 2.33. The topological polar surface area (TPSA) is 104 Å². The lowest BCUT2D eigenvalue weighted by molar-refractivity contribution is 0.0958. The van der Waals surface area contributed by atoms with Crippen molar-refractivity contribution in [2.45, 2.75) is 12.6 Å². The summed E-state index contributed by atoms with van der Waals surface area (Å²) in [6.45, 7) is 0.784. The van der Waals surface area contributed by atoms with Crippen molar-refractivity contribution in [1.82, 2.24) is 9.88 Å². The van der Waals surface area contributed by atoms with Crippen LogP contribution in [0.3, 0.4) is 0 Å². The second kappa shape index (κ2) is 11.8. The van der Waals surface area contributed by atoms with E-state index in [0.29, 0.717) is 50.3 Å². The molecule has 1 aromatic heterocycles. The number of H-pyrrole nitrogens is 1. The third kappa shape index (κ3) is 5.89. The number of hydrogen-bond donors (Lipinski definition) is 3. The first kappa shape index (κ1) is 27.8. The molecule has 0 aliphatic rings. The van der Waals surface area contributed by atoms with Crippen LogP contribution in [0.2, 0.25) is 0 Å². The minimum absolute atomic E-state index is 0.145. The molecule has 0 saturated carbocycles. The van der Waals surface area contributed by atoms with E-state index in [2.05, 4.69) is 9.88 Å². The molecule has 1 unspecified atom stereocenters. The Kier molecular flexibility index (Phi) is 7.96. The van der Waals surface area contributed by atoms with Crippen LogP contribution >= 0.6 is 0 Å². The van der Waals surface area contributed by atoms with Gasteiger partial charge in [-0.05, 0) is 73.8 Å².